The van der Waals surface area contributed by atoms with Crippen molar-refractivity contribution >= 4 is 16.9 Å². The van der Waals surface area contributed by atoms with Crippen LogP contribution in [0.1, 0.15) is 48.9 Å². The average molecular weight is 465 g/mol. The Morgan fingerprint density at radius 3 is 2.58 bits per heavy atom. The fourth-order valence-corrected chi connectivity index (χ4v) is 4.03. The summed E-state index contributed by atoms with van der Waals surface area (Å²) in [5, 5.41) is 9.01. The van der Waals surface area contributed by atoms with Gasteiger partial charge >= 0.3 is 12.1 Å². The summed E-state index contributed by atoms with van der Waals surface area (Å²) in [6.07, 6.45) is -1.57. The predicted molar refractivity (Wildman–Crippen MR) is 113 cm³/mol. The fourth-order valence-electron chi connectivity index (χ4n) is 4.03. The van der Waals surface area contributed by atoms with E-state index < -0.39 is 23.5 Å². The summed E-state index contributed by atoms with van der Waals surface area (Å²) in [6, 6.07) is 8.46. The first-order valence-corrected chi connectivity index (χ1v) is 10.7. The number of fused-ring (bicyclic) bond motifs is 1. The maximum atomic E-state index is 14.6. The van der Waals surface area contributed by atoms with Crippen molar-refractivity contribution in [2.75, 3.05) is 0 Å². The molecule has 176 valence electrons. The molecule has 0 unspecified atom stereocenters. The average Bonchev–Trinajstić information content (AvgIpc) is 3.38. The lowest BCUT2D eigenvalue weighted by Gasteiger charge is -2.19. The van der Waals surface area contributed by atoms with Gasteiger partial charge in [-0.05, 0) is 61.6 Å². The van der Waals surface area contributed by atoms with Crippen LogP contribution in [-0.4, -0.2) is 22.2 Å². The molecule has 9 heteroatoms. The first kappa shape index (κ1) is 22.9. The van der Waals surface area contributed by atoms with Crippen LogP contribution in [0.5, 0.6) is 11.5 Å². The molecule has 1 saturated carbocycles. The maximum absolute atomic E-state index is 14.6. The van der Waals surface area contributed by atoms with Crippen LogP contribution in [0.3, 0.4) is 0 Å². The van der Waals surface area contributed by atoms with E-state index in [0.29, 0.717) is 11.1 Å². The zero-order valence-electron chi connectivity index (χ0n) is 17.7. The van der Waals surface area contributed by atoms with E-state index in [1.807, 2.05) is 0 Å². The lowest BCUT2D eigenvalue weighted by Crippen LogP contribution is -2.16. The van der Waals surface area contributed by atoms with Crippen molar-refractivity contribution < 1.29 is 36.9 Å². The number of H-pyrrole nitrogens is 1. The normalized spacial score (nSPS) is 14.7. The molecule has 4 rings (SSSR count). The summed E-state index contributed by atoms with van der Waals surface area (Å²) in [5.41, 5.74) is 0.119. The molecule has 0 spiro atoms. The van der Waals surface area contributed by atoms with E-state index in [2.05, 4.69) is 4.98 Å². The minimum atomic E-state index is -4.57. The smallest absolute Gasteiger partial charge is 0.419 e. The number of carboxylic acids is 1. The van der Waals surface area contributed by atoms with E-state index in [1.165, 1.54) is 18.2 Å². The van der Waals surface area contributed by atoms with Crippen LogP contribution in [0.2, 0.25) is 0 Å². The number of carboxylic acid groups (broad SMARTS) is 1. The van der Waals surface area contributed by atoms with E-state index in [0.717, 1.165) is 31.7 Å². The number of hydrogen-bond acceptors (Lipinski definition) is 3. The Kier molecular flexibility index (Phi) is 6.49. The van der Waals surface area contributed by atoms with Gasteiger partial charge < -0.3 is 19.6 Å². The molecular formula is C24H23F4NO4. The number of hydrogen-bond donors (Lipinski definition) is 2. The number of rotatable bonds is 8. The standard InChI is InChI=1S/C24H23F4NO4/c25-23-17-12-16(6-7-19(17)29-20(23)8-10-22(30)31)32-13-14-5-9-21(18(11-14)24(26,27)28)33-15-3-1-2-4-15/h5-7,9,11-12,15,29H,1-4,8,10,13H2,(H,30,31). The number of ether oxygens (including phenoxy) is 2. The molecule has 0 aliphatic heterocycles. The molecule has 0 bridgehead atoms. The Balaban J connectivity index is 1.49. The van der Waals surface area contributed by atoms with Crippen LogP contribution in [0.4, 0.5) is 17.6 Å². The van der Waals surface area contributed by atoms with E-state index in [1.54, 1.807) is 12.1 Å². The number of alkyl halides is 3. The first-order valence-electron chi connectivity index (χ1n) is 10.7. The number of aliphatic carboxylic acids is 1. The third-order valence-electron chi connectivity index (χ3n) is 5.72. The van der Waals surface area contributed by atoms with Crippen molar-refractivity contribution in [2.45, 2.75) is 57.4 Å². The molecule has 1 fully saturated rings. The van der Waals surface area contributed by atoms with Gasteiger partial charge in [-0.15, -0.1) is 0 Å². The van der Waals surface area contributed by atoms with Crippen molar-refractivity contribution in [3.63, 3.8) is 0 Å². The highest BCUT2D eigenvalue weighted by atomic mass is 19.4. The van der Waals surface area contributed by atoms with Gasteiger partial charge in [0.15, 0.2) is 5.82 Å². The predicted octanol–water partition coefficient (Wildman–Crippen LogP) is 6.24. The molecule has 1 aliphatic carbocycles. The number of carbonyl (C=O) groups is 1. The molecule has 1 aliphatic rings. The Bertz CT molecular complexity index is 1150. The Labute approximate surface area is 187 Å². The van der Waals surface area contributed by atoms with Crippen molar-refractivity contribution in [3.8, 4) is 11.5 Å². The first-order chi connectivity index (χ1) is 15.7. The van der Waals surface area contributed by atoms with Gasteiger partial charge in [0.1, 0.15) is 18.1 Å². The molecule has 2 N–H and O–H groups in total. The molecule has 2 aromatic carbocycles. The fraction of sp³-hybridized carbons (Fsp3) is 0.375. The van der Waals surface area contributed by atoms with Crippen LogP contribution in [0, 0.1) is 5.82 Å². The van der Waals surface area contributed by atoms with Crippen LogP contribution in [0.15, 0.2) is 36.4 Å². The highest BCUT2D eigenvalue weighted by molar-refractivity contribution is 5.83. The number of benzene rings is 2. The van der Waals surface area contributed by atoms with Gasteiger partial charge in [-0.2, -0.15) is 13.2 Å². The minimum absolute atomic E-state index is 0.0154. The number of aryl methyl sites for hydroxylation is 1. The lowest BCUT2D eigenvalue weighted by molar-refractivity contribution is -0.139. The van der Waals surface area contributed by atoms with Crippen molar-refractivity contribution in [1.29, 1.82) is 0 Å². The molecule has 0 atom stereocenters. The molecule has 1 heterocycles. The summed E-state index contributed by atoms with van der Waals surface area (Å²) >= 11 is 0. The van der Waals surface area contributed by atoms with Crippen molar-refractivity contribution in [3.05, 3.63) is 59.0 Å². The second kappa shape index (κ2) is 9.33. The maximum Gasteiger partial charge on any atom is 0.419 e. The summed E-state index contributed by atoms with van der Waals surface area (Å²) in [5.74, 6) is -1.49. The summed E-state index contributed by atoms with van der Waals surface area (Å²) in [4.78, 5) is 13.6. The highest BCUT2D eigenvalue weighted by Crippen LogP contribution is 2.38. The van der Waals surface area contributed by atoms with Crippen molar-refractivity contribution in [1.82, 2.24) is 4.98 Å². The topological polar surface area (TPSA) is 71.5 Å². The number of aromatic nitrogens is 1. The Morgan fingerprint density at radius 1 is 1.12 bits per heavy atom. The van der Waals surface area contributed by atoms with E-state index >= 15 is 0 Å². The Hall–Kier alpha value is -3.23. The zero-order valence-corrected chi connectivity index (χ0v) is 17.7. The lowest BCUT2D eigenvalue weighted by atomic mass is 10.1. The van der Waals surface area contributed by atoms with Gasteiger partial charge in [-0.3, -0.25) is 4.79 Å². The van der Waals surface area contributed by atoms with E-state index in [4.69, 9.17) is 14.6 Å². The third-order valence-corrected chi connectivity index (χ3v) is 5.72. The van der Waals surface area contributed by atoms with Crippen LogP contribution >= 0.6 is 0 Å². The Morgan fingerprint density at radius 2 is 1.88 bits per heavy atom. The summed E-state index contributed by atoms with van der Waals surface area (Å²) in [7, 11) is 0. The monoisotopic (exact) mass is 465 g/mol. The van der Waals surface area contributed by atoms with Gasteiger partial charge in [-0.1, -0.05) is 6.07 Å². The van der Waals surface area contributed by atoms with Gasteiger partial charge in [0.25, 0.3) is 0 Å². The van der Waals surface area contributed by atoms with Gasteiger partial charge in [0.2, 0.25) is 0 Å². The molecule has 3 aromatic rings. The zero-order chi connectivity index (χ0) is 23.6. The summed E-state index contributed by atoms with van der Waals surface area (Å²) in [6.45, 7) is -0.143. The molecule has 33 heavy (non-hydrogen) atoms. The molecule has 5 nitrogen and oxygen atoms in total. The van der Waals surface area contributed by atoms with E-state index in [9.17, 15) is 22.4 Å². The van der Waals surface area contributed by atoms with Gasteiger partial charge in [-0.25, -0.2) is 4.39 Å². The number of aromatic amines is 1. The second-order valence-corrected chi connectivity index (χ2v) is 8.16. The minimum Gasteiger partial charge on any atom is -0.490 e. The van der Waals surface area contributed by atoms with Gasteiger partial charge in [0, 0.05) is 17.3 Å². The van der Waals surface area contributed by atoms with Crippen LogP contribution in [0.25, 0.3) is 10.9 Å². The SMILES string of the molecule is O=C(O)CCc1[nH]c2ccc(OCc3ccc(OC4CCCC4)c(C(F)(F)F)c3)cc2c1F. The number of halogens is 4. The van der Waals surface area contributed by atoms with E-state index in [-0.39, 0.29) is 48.1 Å². The third kappa shape index (κ3) is 5.40. The van der Waals surface area contributed by atoms with Crippen LogP contribution in [-0.2, 0) is 24.0 Å². The summed E-state index contributed by atoms with van der Waals surface area (Å²) < 4.78 is 66.6. The molecule has 0 amide bonds. The molecular weight excluding hydrogens is 442 g/mol. The highest BCUT2D eigenvalue weighted by Gasteiger charge is 2.35. The number of nitrogens with one attached hydrogen (secondary N) is 1. The van der Waals surface area contributed by atoms with Gasteiger partial charge in [0.05, 0.1) is 23.8 Å². The molecule has 1 aromatic heterocycles. The molecule has 0 saturated heterocycles. The quantitative estimate of drug-likeness (QED) is 0.386. The second-order valence-electron chi connectivity index (χ2n) is 8.16. The largest absolute Gasteiger partial charge is 0.490 e. The van der Waals surface area contributed by atoms with Crippen molar-refractivity contribution in [2.24, 2.45) is 0 Å². The molecule has 0 radical (unpaired) electrons. The van der Waals surface area contributed by atoms with Crippen LogP contribution < -0.4 is 9.47 Å².